The van der Waals surface area contributed by atoms with Crippen LogP contribution in [0.3, 0.4) is 0 Å². The maximum atomic E-state index is 14.1. The fourth-order valence-electron chi connectivity index (χ4n) is 12.0. The van der Waals surface area contributed by atoms with Gasteiger partial charge in [0.25, 0.3) is 0 Å². The molecule has 0 amide bonds. The summed E-state index contributed by atoms with van der Waals surface area (Å²) in [7, 11) is 0. The van der Waals surface area contributed by atoms with Crippen molar-refractivity contribution in [2.24, 2.45) is 45.8 Å². The predicted octanol–water partition coefficient (Wildman–Crippen LogP) is 4.04. The monoisotopic (exact) mass is 624 g/mol. The lowest BCUT2D eigenvalue weighted by atomic mass is 9.47. The van der Waals surface area contributed by atoms with E-state index in [1.54, 1.807) is 12.2 Å². The van der Waals surface area contributed by atoms with Gasteiger partial charge in [-0.05, 0) is 79.8 Å². The fourth-order valence-corrected chi connectivity index (χ4v) is 12.0. The van der Waals surface area contributed by atoms with Gasteiger partial charge in [-0.15, -0.1) is 0 Å². The van der Waals surface area contributed by atoms with E-state index in [1.807, 2.05) is 6.92 Å². The molecule has 13 atom stereocenters. The number of allylic oxidation sites excluding steroid dienone is 1. The van der Waals surface area contributed by atoms with Gasteiger partial charge in [0, 0.05) is 32.6 Å². The van der Waals surface area contributed by atoms with Gasteiger partial charge in [0.2, 0.25) is 0 Å². The van der Waals surface area contributed by atoms with Gasteiger partial charge >= 0.3 is 23.9 Å². The minimum atomic E-state index is -0.871. The summed E-state index contributed by atoms with van der Waals surface area (Å²) < 4.78 is 29.7. The highest BCUT2D eigenvalue weighted by Crippen LogP contribution is 2.91. The first-order valence-electron chi connectivity index (χ1n) is 16.5. The Kier molecular flexibility index (Phi) is 6.64. The molecule has 0 bridgehead atoms. The molecule has 5 fully saturated rings. The molecular weight excluding hydrogens is 580 g/mol. The van der Waals surface area contributed by atoms with E-state index in [4.69, 9.17) is 23.7 Å². The van der Waals surface area contributed by atoms with E-state index in [0.717, 1.165) is 24.8 Å². The van der Waals surface area contributed by atoms with Crippen LogP contribution in [-0.4, -0.2) is 66.3 Å². The maximum Gasteiger partial charge on any atom is 0.337 e. The van der Waals surface area contributed by atoms with Crippen LogP contribution in [0.25, 0.3) is 0 Å². The average molecular weight is 625 g/mol. The summed E-state index contributed by atoms with van der Waals surface area (Å²) in [6, 6.07) is 0. The molecule has 2 heterocycles. The van der Waals surface area contributed by atoms with E-state index in [9.17, 15) is 24.0 Å². The molecule has 7 rings (SSSR count). The number of hydrogen-bond acceptors (Lipinski definition) is 10. The second-order valence-electron chi connectivity index (χ2n) is 15.1. The molecule has 0 aromatic heterocycles. The van der Waals surface area contributed by atoms with Gasteiger partial charge in [0.1, 0.15) is 24.4 Å². The van der Waals surface area contributed by atoms with Crippen LogP contribution in [0.4, 0.5) is 0 Å². The summed E-state index contributed by atoms with van der Waals surface area (Å²) in [5.41, 5.74) is -1.30. The third kappa shape index (κ3) is 3.69. The van der Waals surface area contributed by atoms with Crippen molar-refractivity contribution in [3.8, 4) is 0 Å². The van der Waals surface area contributed by atoms with Gasteiger partial charge in [-0.25, -0.2) is 4.79 Å². The first-order valence-corrected chi connectivity index (χ1v) is 16.5. The van der Waals surface area contributed by atoms with E-state index in [1.165, 1.54) is 20.8 Å². The number of ether oxygens (including phenoxy) is 5. The van der Waals surface area contributed by atoms with Gasteiger partial charge in [-0.3, -0.25) is 19.2 Å². The quantitative estimate of drug-likeness (QED) is 0.242. The van der Waals surface area contributed by atoms with Crippen LogP contribution in [0, 0.1) is 45.8 Å². The molecule has 5 aliphatic carbocycles. The standard InChI is InChI=1S/C35H44O10/c1-16-12-26(44-31(40)22(16)15-41-19(4)36)17(2)23-8-9-24-25-13-29-35(45-29)28(42-20(5)37)11-10-27(39)34(35)18(3)33(25,34)14-30(32(23,24)7)43-21(6)38/h10-11,17-18,23-26,28-30H,8-9,12-15H2,1-7H3. The second-order valence-corrected chi connectivity index (χ2v) is 15.1. The summed E-state index contributed by atoms with van der Waals surface area (Å²) in [5, 5.41) is 0. The zero-order valence-electron chi connectivity index (χ0n) is 27.2. The molecule has 1 saturated heterocycles. The molecule has 0 aromatic carbocycles. The molecule has 10 heteroatoms. The zero-order chi connectivity index (χ0) is 32.4. The number of epoxide rings is 1. The third-order valence-electron chi connectivity index (χ3n) is 13.7. The van der Waals surface area contributed by atoms with Gasteiger partial charge in [0.15, 0.2) is 11.9 Å². The van der Waals surface area contributed by atoms with Crippen molar-refractivity contribution in [3.63, 3.8) is 0 Å². The first-order chi connectivity index (χ1) is 21.2. The van der Waals surface area contributed by atoms with Crippen LogP contribution in [0.1, 0.15) is 80.6 Å². The summed E-state index contributed by atoms with van der Waals surface area (Å²) in [6.07, 6.45) is 5.29. The Labute approximate surface area is 263 Å². The highest BCUT2D eigenvalue weighted by atomic mass is 16.7. The largest absolute Gasteiger partial charge is 0.462 e. The minimum absolute atomic E-state index is 0.0274. The molecule has 3 spiro atoms. The number of rotatable bonds is 6. The maximum absolute atomic E-state index is 14.1. The molecule has 10 nitrogen and oxygen atoms in total. The van der Waals surface area contributed by atoms with Crippen molar-refractivity contribution in [2.45, 2.75) is 111 Å². The van der Waals surface area contributed by atoms with Gasteiger partial charge in [-0.2, -0.15) is 0 Å². The van der Waals surface area contributed by atoms with Crippen molar-refractivity contribution >= 4 is 29.7 Å². The molecule has 4 saturated carbocycles. The number of carbonyl (C=O) groups is 5. The van der Waals surface area contributed by atoms with E-state index in [-0.39, 0.29) is 60.2 Å². The Morgan fingerprint density at radius 2 is 1.76 bits per heavy atom. The zero-order valence-corrected chi connectivity index (χ0v) is 27.2. The van der Waals surface area contributed by atoms with Crippen LogP contribution in [-0.2, 0) is 47.7 Å². The number of carbonyl (C=O) groups excluding carboxylic acids is 5. The van der Waals surface area contributed by atoms with Crippen molar-refractivity contribution in [2.75, 3.05) is 6.61 Å². The Bertz CT molecular complexity index is 1460. The van der Waals surface area contributed by atoms with Crippen molar-refractivity contribution in [1.82, 2.24) is 0 Å². The first kappa shape index (κ1) is 30.6. The molecular formula is C35H44O10. The Hall–Kier alpha value is -3.01. The lowest BCUT2D eigenvalue weighted by Gasteiger charge is -2.57. The Balaban J connectivity index is 1.23. The van der Waals surface area contributed by atoms with Crippen LogP contribution < -0.4 is 0 Å². The Morgan fingerprint density at radius 3 is 2.40 bits per heavy atom. The van der Waals surface area contributed by atoms with Crippen molar-refractivity contribution in [3.05, 3.63) is 23.3 Å². The number of esters is 4. The molecule has 244 valence electrons. The molecule has 13 unspecified atom stereocenters. The number of hydrogen-bond donors (Lipinski definition) is 0. The molecule has 7 aliphatic rings. The molecule has 0 radical (unpaired) electrons. The van der Waals surface area contributed by atoms with E-state index in [0.29, 0.717) is 18.4 Å². The number of fused-ring (bicyclic) bond motifs is 2. The second kappa shape index (κ2) is 9.75. The Morgan fingerprint density at radius 1 is 1.04 bits per heavy atom. The molecule has 45 heavy (non-hydrogen) atoms. The average Bonchev–Trinajstić information content (AvgIpc) is 3.75. The summed E-state index contributed by atoms with van der Waals surface area (Å²) in [5.74, 6) is -1.27. The fraction of sp³-hybridized carbons (Fsp3) is 0.743. The van der Waals surface area contributed by atoms with Crippen LogP contribution in [0.5, 0.6) is 0 Å². The van der Waals surface area contributed by atoms with Crippen molar-refractivity contribution in [1.29, 1.82) is 0 Å². The smallest absolute Gasteiger partial charge is 0.337 e. The SMILES string of the molecule is CC(=O)OCC1=C(C)CC(C(C)C2CCC3C4CC5OC56C(OC(C)=O)C=CC(=O)C65C(C)C45CC(OC(C)=O)C23C)OC1=O. The minimum Gasteiger partial charge on any atom is -0.462 e. The van der Waals surface area contributed by atoms with Crippen LogP contribution in [0.2, 0.25) is 0 Å². The molecule has 2 aliphatic heterocycles. The third-order valence-corrected chi connectivity index (χ3v) is 13.7. The van der Waals surface area contributed by atoms with Crippen LogP contribution >= 0.6 is 0 Å². The summed E-state index contributed by atoms with van der Waals surface area (Å²) >= 11 is 0. The lowest BCUT2D eigenvalue weighted by molar-refractivity contribution is -0.187. The molecule has 0 N–H and O–H groups in total. The highest BCUT2D eigenvalue weighted by Gasteiger charge is 2.98. The molecule has 0 aromatic rings. The predicted molar refractivity (Wildman–Crippen MR) is 157 cm³/mol. The van der Waals surface area contributed by atoms with Gasteiger partial charge in [0.05, 0.1) is 17.1 Å². The highest BCUT2D eigenvalue weighted by molar-refractivity contribution is 6.02. The lowest BCUT2D eigenvalue weighted by Crippen LogP contribution is -2.61. The summed E-state index contributed by atoms with van der Waals surface area (Å²) in [4.78, 5) is 63.3. The van der Waals surface area contributed by atoms with Crippen molar-refractivity contribution < 1.29 is 47.7 Å². The summed E-state index contributed by atoms with van der Waals surface area (Å²) in [6.45, 7) is 12.4. The van der Waals surface area contributed by atoms with E-state index in [2.05, 4.69) is 20.8 Å². The number of cyclic esters (lactones) is 1. The normalized spacial score (nSPS) is 47.6. The topological polar surface area (TPSA) is 135 Å². The van der Waals surface area contributed by atoms with Gasteiger partial charge in [-0.1, -0.05) is 26.3 Å². The number of ketones is 1. The van der Waals surface area contributed by atoms with E-state index < -0.39 is 52.0 Å². The van der Waals surface area contributed by atoms with Crippen LogP contribution in [0.15, 0.2) is 23.3 Å². The van der Waals surface area contributed by atoms with E-state index >= 15 is 0 Å². The van der Waals surface area contributed by atoms with Gasteiger partial charge < -0.3 is 23.7 Å².